The number of amides is 2. The van der Waals surface area contributed by atoms with Crippen LogP contribution in [0.5, 0.6) is 0 Å². The number of rotatable bonds is 6. The van der Waals surface area contributed by atoms with Crippen LogP contribution >= 0.6 is 0 Å². The lowest BCUT2D eigenvalue weighted by molar-refractivity contribution is -0.141. The maximum atomic E-state index is 12.7. The Morgan fingerprint density at radius 1 is 1.36 bits per heavy atom. The molecule has 0 aliphatic carbocycles. The second-order valence-electron chi connectivity index (χ2n) is 6.34. The van der Waals surface area contributed by atoms with Crippen molar-refractivity contribution in [1.29, 1.82) is 0 Å². The van der Waals surface area contributed by atoms with E-state index >= 15 is 0 Å². The van der Waals surface area contributed by atoms with Crippen LogP contribution in [-0.2, 0) is 16.0 Å². The lowest BCUT2D eigenvalue weighted by Crippen LogP contribution is -2.47. The molecule has 1 aromatic carbocycles. The maximum absolute atomic E-state index is 12.7. The minimum absolute atomic E-state index is 0.0459. The fourth-order valence-electron chi connectivity index (χ4n) is 2.90. The molecule has 0 unspecified atom stereocenters. The highest BCUT2D eigenvalue weighted by Crippen LogP contribution is 2.30. The predicted octanol–water partition coefficient (Wildman–Crippen LogP) is 2.68. The van der Waals surface area contributed by atoms with Gasteiger partial charge in [0.05, 0.1) is 6.42 Å². The van der Waals surface area contributed by atoms with E-state index in [1.807, 2.05) is 31.2 Å². The summed E-state index contributed by atoms with van der Waals surface area (Å²) in [6.07, 6.45) is 2.19. The smallest absolute Gasteiger partial charge is 0.247 e. The summed E-state index contributed by atoms with van der Waals surface area (Å²) < 4.78 is 0. The first-order valence-corrected chi connectivity index (χ1v) is 8.19. The van der Waals surface area contributed by atoms with Gasteiger partial charge in [-0.3, -0.25) is 9.59 Å². The minimum Gasteiger partial charge on any atom is -0.354 e. The number of nitrogens with one attached hydrogen (secondary N) is 1. The van der Waals surface area contributed by atoms with Crippen LogP contribution in [0.25, 0.3) is 0 Å². The Hall–Kier alpha value is -1.84. The summed E-state index contributed by atoms with van der Waals surface area (Å²) in [6, 6.07) is 7.30. The third kappa shape index (κ3) is 3.67. The first-order valence-electron chi connectivity index (χ1n) is 8.19. The van der Waals surface area contributed by atoms with Crippen molar-refractivity contribution in [3.63, 3.8) is 0 Å². The third-order valence-electron chi connectivity index (χ3n) is 4.06. The molecule has 1 heterocycles. The van der Waals surface area contributed by atoms with Crippen LogP contribution in [0.15, 0.2) is 24.3 Å². The molecule has 0 saturated heterocycles. The van der Waals surface area contributed by atoms with Crippen LogP contribution < -0.4 is 5.32 Å². The van der Waals surface area contributed by atoms with Crippen molar-refractivity contribution in [1.82, 2.24) is 10.2 Å². The number of nitrogens with zero attached hydrogens (tertiary/aromatic N) is 1. The quantitative estimate of drug-likeness (QED) is 0.878. The van der Waals surface area contributed by atoms with E-state index in [-0.39, 0.29) is 11.8 Å². The molecule has 22 heavy (non-hydrogen) atoms. The van der Waals surface area contributed by atoms with Crippen molar-refractivity contribution in [2.75, 3.05) is 13.1 Å². The number of carbonyl (C=O) groups is 2. The molecule has 2 amide bonds. The third-order valence-corrected chi connectivity index (χ3v) is 4.06. The predicted molar refractivity (Wildman–Crippen MR) is 87.4 cm³/mol. The van der Waals surface area contributed by atoms with Gasteiger partial charge in [-0.25, -0.2) is 0 Å². The number of carbonyl (C=O) groups excluding carboxylic acids is 2. The average Bonchev–Trinajstić information content (AvgIpc) is 2.47. The molecular formula is C18H26N2O2. The molecule has 0 saturated carbocycles. The van der Waals surface area contributed by atoms with Crippen molar-refractivity contribution in [2.24, 2.45) is 5.92 Å². The van der Waals surface area contributed by atoms with Gasteiger partial charge in [-0.1, -0.05) is 45.0 Å². The van der Waals surface area contributed by atoms with Gasteiger partial charge in [-0.15, -0.1) is 0 Å². The highest BCUT2D eigenvalue weighted by Gasteiger charge is 2.36. The first-order chi connectivity index (χ1) is 10.5. The molecule has 0 spiro atoms. The summed E-state index contributed by atoms with van der Waals surface area (Å²) >= 11 is 0. The number of hydrogen-bond donors (Lipinski definition) is 1. The van der Waals surface area contributed by atoms with Crippen LogP contribution in [0.1, 0.15) is 50.8 Å². The van der Waals surface area contributed by atoms with Gasteiger partial charge in [0.1, 0.15) is 6.04 Å². The van der Waals surface area contributed by atoms with E-state index in [1.165, 1.54) is 0 Å². The van der Waals surface area contributed by atoms with Gasteiger partial charge in [-0.2, -0.15) is 0 Å². The molecule has 4 heteroatoms. The fourth-order valence-corrected chi connectivity index (χ4v) is 2.90. The van der Waals surface area contributed by atoms with E-state index in [1.54, 1.807) is 4.90 Å². The zero-order valence-electron chi connectivity index (χ0n) is 13.8. The highest BCUT2D eigenvalue weighted by molar-refractivity contribution is 5.92. The zero-order chi connectivity index (χ0) is 16.1. The normalized spacial score (nSPS) is 17.5. The van der Waals surface area contributed by atoms with E-state index in [4.69, 9.17) is 0 Å². The lowest BCUT2D eigenvalue weighted by Gasteiger charge is -2.36. The Bertz CT molecular complexity index is 540. The molecule has 2 rings (SSSR count). The second kappa shape index (κ2) is 7.43. The summed E-state index contributed by atoms with van der Waals surface area (Å²) in [5.74, 6) is 0.534. The fraction of sp³-hybridized carbons (Fsp3) is 0.556. The molecule has 120 valence electrons. The molecule has 1 aliphatic rings. The SMILES string of the molecule is CCCN1C(=O)Cc2ccccc2[C@@H]1C(=O)NCCC(C)C. The van der Waals surface area contributed by atoms with Crippen molar-refractivity contribution >= 4 is 11.8 Å². The van der Waals surface area contributed by atoms with Gasteiger partial charge in [-0.05, 0) is 29.9 Å². The lowest BCUT2D eigenvalue weighted by atomic mass is 9.91. The number of fused-ring (bicyclic) bond motifs is 1. The van der Waals surface area contributed by atoms with Gasteiger partial charge >= 0.3 is 0 Å². The maximum Gasteiger partial charge on any atom is 0.247 e. The van der Waals surface area contributed by atoms with Gasteiger partial charge in [0.2, 0.25) is 11.8 Å². The van der Waals surface area contributed by atoms with Gasteiger partial charge < -0.3 is 10.2 Å². The molecule has 4 nitrogen and oxygen atoms in total. The number of hydrogen-bond acceptors (Lipinski definition) is 2. The summed E-state index contributed by atoms with van der Waals surface area (Å²) in [4.78, 5) is 26.8. The Morgan fingerprint density at radius 3 is 2.77 bits per heavy atom. The van der Waals surface area contributed by atoms with Crippen molar-refractivity contribution in [2.45, 2.75) is 46.1 Å². The second-order valence-corrected chi connectivity index (χ2v) is 6.34. The molecule has 1 aromatic rings. The summed E-state index contributed by atoms with van der Waals surface area (Å²) in [5, 5.41) is 3.00. The van der Waals surface area contributed by atoms with Crippen LogP contribution in [0.3, 0.4) is 0 Å². The van der Waals surface area contributed by atoms with Crippen molar-refractivity contribution in [3.8, 4) is 0 Å². The monoisotopic (exact) mass is 302 g/mol. The Kier molecular flexibility index (Phi) is 5.58. The van der Waals surface area contributed by atoms with E-state index in [2.05, 4.69) is 19.2 Å². The average molecular weight is 302 g/mol. The molecule has 0 fully saturated rings. The minimum atomic E-state index is -0.482. The highest BCUT2D eigenvalue weighted by atomic mass is 16.2. The zero-order valence-corrected chi connectivity index (χ0v) is 13.8. The Balaban J connectivity index is 2.22. The van der Waals surface area contributed by atoms with Crippen LogP contribution in [0.2, 0.25) is 0 Å². The van der Waals surface area contributed by atoms with Crippen molar-refractivity contribution in [3.05, 3.63) is 35.4 Å². The summed E-state index contributed by atoms with van der Waals surface area (Å²) in [7, 11) is 0. The Morgan fingerprint density at radius 2 is 2.09 bits per heavy atom. The van der Waals surface area contributed by atoms with Crippen LogP contribution in [0, 0.1) is 5.92 Å². The molecule has 0 bridgehead atoms. The molecule has 0 aromatic heterocycles. The standard InChI is InChI=1S/C18H26N2O2/c1-4-11-20-16(21)12-14-7-5-6-8-15(14)17(20)18(22)19-10-9-13(2)3/h5-8,13,17H,4,9-12H2,1-3H3,(H,19,22)/t17-/m1/s1. The van der Waals surface area contributed by atoms with E-state index < -0.39 is 6.04 Å². The molecule has 0 radical (unpaired) electrons. The van der Waals surface area contributed by atoms with Crippen LogP contribution in [0.4, 0.5) is 0 Å². The number of benzene rings is 1. The summed E-state index contributed by atoms with van der Waals surface area (Å²) in [6.45, 7) is 7.57. The molecule has 1 N–H and O–H groups in total. The van der Waals surface area contributed by atoms with E-state index in [0.29, 0.717) is 25.4 Å². The molecular weight excluding hydrogens is 276 g/mol. The molecule has 1 atom stereocenters. The Labute approximate surface area is 132 Å². The van der Waals surface area contributed by atoms with Crippen molar-refractivity contribution < 1.29 is 9.59 Å². The van der Waals surface area contributed by atoms with Gasteiger partial charge in [0.25, 0.3) is 0 Å². The molecule has 1 aliphatic heterocycles. The van der Waals surface area contributed by atoms with Gasteiger partial charge in [0.15, 0.2) is 0 Å². The van der Waals surface area contributed by atoms with Crippen LogP contribution in [-0.4, -0.2) is 29.8 Å². The van der Waals surface area contributed by atoms with Gasteiger partial charge in [0, 0.05) is 13.1 Å². The van der Waals surface area contributed by atoms with E-state index in [9.17, 15) is 9.59 Å². The summed E-state index contributed by atoms with van der Waals surface area (Å²) in [5.41, 5.74) is 1.95. The van der Waals surface area contributed by atoms with E-state index in [0.717, 1.165) is 24.0 Å². The largest absolute Gasteiger partial charge is 0.354 e. The first kappa shape index (κ1) is 16.5. The topological polar surface area (TPSA) is 49.4 Å².